The average Bonchev–Trinajstić information content (AvgIpc) is 3.14. The maximum atomic E-state index is 12.4. The average molecular weight is 392 g/mol. The molecule has 0 aliphatic carbocycles. The summed E-state index contributed by atoms with van der Waals surface area (Å²) in [6.45, 7) is 6.27. The molecule has 8 heteroatoms. The van der Waals surface area contributed by atoms with Crippen molar-refractivity contribution in [3.8, 4) is 0 Å². The molecule has 1 aromatic carbocycles. The fraction of sp³-hybridized carbons (Fsp3) is 0.333. The molecule has 1 aliphatic rings. The lowest BCUT2D eigenvalue weighted by Gasteiger charge is -2.32. The van der Waals surface area contributed by atoms with Crippen LogP contribution in [0.1, 0.15) is 36.0 Å². The maximum absolute atomic E-state index is 12.4. The fourth-order valence-electron chi connectivity index (χ4n) is 3.33. The highest BCUT2D eigenvalue weighted by Crippen LogP contribution is 2.25. The van der Waals surface area contributed by atoms with Crippen molar-refractivity contribution in [2.24, 2.45) is 5.92 Å². The summed E-state index contributed by atoms with van der Waals surface area (Å²) in [5.41, 5.74) is 2.37. The van der Waals surface area contributed by atoms with E-state index in [-0.39, 0.29) is 11.6 Å². The van der Waals surface area contributed by atoms with Crippen molar-refractivity contribution in [3.05, 3.63) is 54.2 Å². The van der Waals surface area contributed by atoms with Crippen LogP contribution in [0.5, 0.6) is 0 Å². The Kier molecular flexibility index (Phi) is 5.41. The second-order valence-corrected chi connectivity index (χ2v) is 7.41. The van der Waals surface area contributed by atoms with E-state index in [9.17, 15) is 4.79 Å². The summed E-state index contributed by atoms with van der Waals surface area (Å²) in [4.78, 5) is 23.0. The molecular weight excluding hydrogens is 368 g/mol. The lowest BCUT2D eigenvalue weighted by Crippen LogP contribution is -2.32. The Morgan fingerprint density at radius 3 is 2.55 bits per heavy atom. The molecule has 0 unspecified atom stereocenters. The molecule has 1 saturated heterocycles. The summed E-state index contributed by atoms with van der Waals surface area (Å²) in [5.74, 6) is 1.94. The van der Waals surface area contributed by atoms with Crippen molar-refractivity contribution >= 4 is 28.9 Å². The monoisotopic (exact) mass is 392 g/mol. The Hall–Kier alpha value is -3.42. The van der Waals surface area contributed by atoms with Crippen molar-refractivity contribution in [2.75, 3.05) is 28.6 Å². The number of aromatic nitrogens is 3. The number of aryl methyl sites for hydroxylation is 1. The second kappa shape index (κ2) is 8.30. The van der Waals surface area contributed by atoms with Gasteiger partial charge < -0.3 is 20.1 Å². The van der Waals surface area contributed by atoms with Gasteiger partial charge in [-0.05, 0) is 49.9 Å². The zero-order valence-corrected chi connectivity index (χ0v) is 16.6. The van der Waals surface area contributed by atoms with Gasteiger partial charge in [0, 0.05) is 36.6 Å². The third-order valence-corrected chi connectivity index (χ3v) is 5.06. The van der Waals surface area contributed by atoms with E-state index in [1.807, 2.05) is 12.1 Å². The van der Waals surface area contributed by atoms with Crippen molar-refractivity contribution in [1.29, 1.82) is 0 Å². The summed E-state index contributed by atoms with van der Waals surface area (Å²) in [6.07, 6.45) is 3.83. The number of piperidine rings is 1. The van der Waals surface area contributed by atoms with Crippen molar-refractivity contribution in [2.45, 2.75) is 26.7 Å². The highest BCUT2D eigenvalue weighted by Gasteiger charge is 2.16. The van der Waals surface area contributed by atoms with Crippen LogP contribution in [0, 0.1) is 12.8 Å². The zero-order valence-electron chi connectivity index (χ0n) is 16.6. The minimum absolute atomic E-state index is 0.238. The van der Waals surface area contributed by atoms with Gasteiger partial charge in [0.2, 0.25) is 0 Å². The van der Waals surface area contributed by atoms with E-state index in [4.69, 9.17) is 4.52 Å². The number of rotatable bonds is 5. The SMILES string of the molecule is Cc1cc(NC(=O)c2cc(Nc3ccc(N4CCC(C)CC4)cc3)ncn2)no1. The summed E-state index contributed by atoms with van der Waals surface area (Å²) in [5, 5.41) is 9.62. The molecule has 150 valence electrons. The van der Waals surface area contributed by atoms with Crippen molar-refractivity contribution in [1.82, 2.24) is 15.1 Å². The third kappa shape index (κ3) is 4.71. The minimum atomic E-state index is -0.376. The van der Waals surface area contributed by atoms with Gasteiger partial charge in [-0.1, -0.05) is 12.1 Å². The van der Waals surface area contributed by atoms with Crippen LogP contribution < -0.4 is 15.5 Å². The summed E-state index contributed by atoms with van der Waals surface area (Å²) in [6, 6.07) is 11.5. The van der Waals surface area contributed by atoms with Crippen LogP contribution >= 0.6 is 0 Å². The minimum Gasteiger partial charge on any atom is -0.372 e. The van der Waals surface area contributed by atoms with Gasteiger partial charge in [0.1, 0.15) is 23.6 Å². The van der Waals surface area contributed by atoms with Crippen LogP contribution in [0.15, 0.2) is 47.2 Å². The van der Waals surface area contributed by atoms with Crippen LogP contribution in [-0.2, 0) is 0 Å². The molecule has 1 fully saturated rings. The van der Waals surface area contributed by atoms with Crippen LogP contribution in [-0.4, -0.2) is 34.1 Å². The number of hydrogen-bond acceptors (Lipinski definition) is 7. The van der Waals surface area contributed by atoms with E-state index >= 15 is 0 Å². The molecule has 8 nitrogen and oxygen atoms in total. The van der Waals surface area contributed by atoms with Gasteiger partial charge in [-0.3, -0.25) is 4.79 Å². The number of amides is 1. The van der Waals surface area contributed by atoms with Gasteiger partial charge >= 0.3 is 0 Å². The summed E-state index contributed by atoms with van der Waals surface area (Å²) in [7, 11) is 0. The van der Waals surface area contributed by atoms with Gasteiger partial charge in [0.25, 0.3) is 5.91 Å². The van der Waals surface area contributed by atoms with E-state index in [0.717, 1.165) is 24.7 Å². The zero-order chi connectivity index (χ0) is 20.2. The van der Waals surface area contributed by atoms with E-state index in [0.29, 0.717) is 17.4 Å². The summed E-state index contributed by atoms with van der Waals surface area (Å²) < 4.78 is 4.95. The Balaban J connectivity index is 1.40. The number of benzene rings is 1. The van der Waals surface area contributed by atoms with Gasteiger partial charge in [0.05, 0.1) is 0 Å². The topological polar surface area (TPSA) is 96.2 Å². The summed E-state index contributed by atoms with van der Waals surface area (Å²) >= 11 is 0. The maximum Gasteiger partial charge on any atom is 0.275 e. The molecule has 29 heavy (non-hydrogen) atoms. The highest BCUT2D eigenvalue weighted by atomic mass is 16.5. The molecular formula is C21H24N6O2. The van der Waals surface area contributed by atoms with Crippen molar-refractivity contribution in [3.63, 3.8) is 0 Å². The lowest BCUT2D eigenvalue weighted by molar-refractivity contribution is 0.102. The smallest absolute Gasteiger partial charge is 0.275 e. The van der Waals surface area contributed by atoms with Crippen LogP contribution in [0.2, 0.25) is 0 Å². The molecule has 2 N–H and O–H groups in total. The second-order valence-electron chi connectivity index (χ2n) is 7.41. The molecule has 1 aliphatic heterocycles. The predicted octanol–water partition coefficient (Wildman–Crippen LogP) is 4.01. The Labute approximate surface area is 169 Å². The van der Waals surface area contributed by atoms with Crippen LogP contribution in [0.3, 0.4) is 0 Å². The Bertz CT molecular complexity index is 977. The number of nitrogens with one attached hydrogen (secondary N) is 2. The first-order valence-electron chi connectivity index (χ1n) is 9.75. The number of carbonyl (C=O) groups is 1. The van der Waals surface area contributed by atoms with Crippen molar-refractivity contribution < 1.29 is 9.32 Å². The normalized spacial score (nSPS) is 14.6. The van der Waals surface area contributed by atoms with Crippen LogP contribution in [0.25, 0.3) is 0 Å². The molecule has 0 radical (unpaired) electrons. The Morgan fingerprint density at radius 2 is 1.86 bits per heavy atom. The number of nitrogens with zero attached hydrogens (tertiary/aromatic N) is 4. The molecule has 3 aromatic rings. The number of carbonyl (C=O) groups excluding carboxylic acids is 1. The van der Waals surface area contributed by atoms with E-state index in [1.165, 1.54) is 24.9 Å². The third-order valence-electron chi connectivity index (χ3n) is 5.06. The molecule has 0 spiro atoms. The first kappa shape index (κ1) is 18.9. The van der Waals surface area contributed by atoms with Gasteiger partial charge in [-0.15, -0.1) is 0 Å². The standard InChI is InChI=1S/C21H24N6O2/c1-14-7-9-27(10-8-14)17-5-3-16(4-6-17)24-19-12-18(22-13-23-19)21(28)25-20-11-15(2)29-26-20/h3-6,11-14H,7-10H2,1-2H3,(H,22,23,24)(H,25,26,28). The molecule has 3 heterocycles. The van der Waals surface area contributed by atoms with Gasteiger partial charge in [-0.2, -0.15) is 0 Å². The molecule has 4 rings (SSSR count). The molecule has 0 bridgehead atoms. The van der Waals surface area contributed by atoms with Gasteiger partial charge in [-0.25, -0.2) is 9.97 Å². The molecule has 0 atom stereocenters. The lowest BCUT2D eigenvalue weighted by atomic mass is 9.99. The van der Waals surface area contributed by atoms with Crippen LogP contribution in [0.4, 0.5) is 23.0 Å². The van der Waals surface area contributed by atoms with Gasteiger partial charge in [0.15, 0.2) is 5.82 Å². The molecule has 2 aromatic heterocycles. The molecule has 0 saturated carbocycles. The largest absolute Gasteiger partial charge is 0.372 e. The first-order chi connectivity index (χ1) is 14.1. The van der Waals surface area contributed by atoms with E-state index in [1.54, 1.807) is 19.1 Å². The number of anilines is 4. The number of hydrogen-bond donors (Lipinski definition) is 2. The van der Waals surface area contributed by atoms with E-state index in [2.05, 4.69) is 49.7 Å². The molecule has 1 amide bonds. The Morgan fingerprint density at radius 1 is 1.10 bits per heavy atom. The van der Waals surface area contributed by atoms with E-state index < -0.39 is 0 Å². The quantitative estimate of drug-likeness (QED) is 0.677. The highest BCUT2D eigenvalue weighted by molar-refractivity contribution is 6.02. The predicted molar refractivity (Wildman–Crippen MR) is 112 cm³/mol. The first-order valence-corrected chi connectivity index (χ1v) is 9.75. The fourth-order valence-corrected chi connectivity index (χ4v) is 3.33.